The van der Waals surface area contributed by atoms with Crippen LogP contribution in [0.5, 0.6) is 0 Å². The first-order valence-electron chi connectivity index (χ1n) is 7.34. The first-order valence-corrected chi connectivity index (χ1v) is 7.34. The number of aromatic nitrogens is 1. The van der Waals surface area contributed by atoms with Gasteiger partial charge in [-0.25, -0.2) is 0 Å². The maximum absolute atomic E-state index is 11.6. The average Bonchev–Trinajstić information content (AvgIpc) is 2.56. The Kier molecular flexibility index (Phi) is 3.86. The van der Waals surface area contributed by atoms with E-state index < -0.39 is 0 Å². The number of hydrogen-bond donors (Lipinski definition) is 1. The summed E-state index contributed by atoms with van der Waals surface area (Å²) in [4.78, 5) is 18.2. The average molecular weight is 281 g/mol. The van der Waals surface area contributed by atoms with Crippen molar-refractivity contribution in [3.63, 3.8) is 0 Å². The molecule has 0 unspecified atom stereocenters. The summed E-state index contributed by atoms with van der Waals surface area (Å²) >= 11 is 0. The fourth-order valence-electron chi connectivity index (χ4n) is 2.88. The molecule has 1 aromatic heterocycles. The molecule has 4 heteroatoms. The molecule has 1 aromatic carbocycles. The first-order chi connectivity index (χ1) is 10.3. The van der Waals surface area contributed by atoms with E-state index in [0.717, 1.165) is 29.5 Å². The summed E-state index contributed by atoms with van der Waals surface area (Å²) in [5.74, 6) is -0.203. The zero-order valence-corrected chi connectivity index (χ0v) is 12.0. The number of benzene rings is 1. The summed E-state index contributed by atoms with van der Waals surface area (Å²) in [6.07, 6.45) is 8.67. The number of hydrogen-bond acceptors (Lipinski definition) is 3. The van der Waals surface area contributed by atoms with Crippen LogP contribution in [0.1, 0.15) is 19.3 Å². The third-order valence-corrected chi connectivity index (χ3v) is 3.94. The fraction of sp³-hybridized carbons (Fsp3) is 0.294. The Morgan fingerprint density at radius 3 is 2.76 bits per heavy atom. The number of fused-ring (bicyclic) bond motifs is 1. The number of amides is 1. The van der Waals surface area contributed by atoms with E-state index in [1.807, 2.05) is 18.3 Å². The van der Waals surface area contributed by atoms with Gasteiger partial charge < -0.3 is 10.2 Å². The van der Waals surface area contributed by atoms with E-state index in [0.29, 0.717) is 0 Å². The van der Waals surface area contributed by atoms with Crippen molar-refractivity contribution < 1.29 is 4.79 Å². The summed E-state index contributed by atoms with van der Waals surface area (Å²) in [5, 5.41) is 4.95. The molecule has 0 aliphatic carbocycles. The molecular weight excluding hydrogens is 262 g/mol. The Balaban J connectivity index is 2.05. The number of nitrogens with one attached hydrogen (secondary N) is 1. The lowest BCUT2D eigenvalue weighted by molar-refractivity contribution is -0.111. The van der Waals surface area contributed by atoms with E-state index in [9.17, 15) is 4.79 Å². The predicted molar refractivity (Wildman–Crippen MR) is 86.6 cm³/mol. The van der Waals surface area contributed by atoms with Crippen molar-refractivity contribution in [2.45, 2.75) is 19.3 Å². The Bertz CT molecular complexity index is 675. The second kappa shape index (κ2) is 5.95. The van der Waals surface area contributed by atoms with Crippen LogP contribution in [0.25, 0.3) is 10.8 Å². The Morgan fingerprint density at radius 1 is 1.19 bits per heavy atom. The highest BCUT2D eigenvalue weighted by Gasteiger charge is 2.15. The lowest BCUT2D eigenvalue weighted by atomic mass is 10.1. The maximum atomic E-state index is 11.6. The van der Waals surface area contributed by atoms with Crippen LogP contribution >= 0.6 is 0 Å². The molecule has 1 fully saturated rings. The van der Waals surface area contributed by atoms with Crippen LogP contribution in [-0.2, 0) is 4.79 Å². The number of carbonyl (C=O) groups excluding carboxylic acids is 1. The van der Waals surface area contributed by atoms with E-state index in [2.05, 4.69) is 27.8 Å². The number of anilines is 2. The zero-order valence-electron chi connectivity index (χ0n) is 12.0. The molecule has 2 heterocycles. The number of nitrogens with zero attached hydrogens (tertiary/aromatic N) is 2. The molecule has 1 N–H and O–H groups in total. The summed E-state index contributed by atoms with van der Waals surface area (Å²) in [6.45, 7) is 5.68. The van der Waals surface area contributed by atoms with Gasteiger partial charge in [-0.1, -0.05) is 6.58 Å². The molecule has 0 radical (unpaired) electrons. The van der Waals surface area contributed by atoms with Crippen molar-refractivity contribution in [1.82, 2.24) is 4.98 Å². The minimum absolute atomic E-state index is 0.203. The molecule has 1 aliphatic heterocycles. The molecule has 0 saturated carbocycles. The van der Waals surface area contributed by atoms with E-state index >= 15 is 0 Å². The van der Waals surface area contributed by atoms with E-state index in [-0.39, 0.29) is 5.91 Å². The number of pyridine rings is 1. The lowest BCUT2D eigenvalue weighted by Crippen LogP contribution is -2.29. The topological polar surface area (TPSA) is 45.2 Å². The highest BCUT2D eigenvalue weighted by Crippen LogP contribution is 2.33. The molecule has 3 rings (SSSR count). The minimum atomic E-state index is -0.203. The Morgan fingerprint density at radius 2 is 2.00 bits per heavy atom. The molecule has 1 aliphatic rings. The van der Waals surface area contributed by atoms with Gasteiger partial charge in [-0.3, -0.25) is 9.78 Å². The zero-order chi connectivity index (χ0) is 14.7. The monoisotopic (exact) mass is 281 g/mol. The second-order valence-corrected chi connectivity index (χ2v) is 5.29. The maximum Gasteiger partial charge on any atom is 0.247 e. The van der Waals surface area contributed by atoms with E-state index in [1.165, 1.54) is 31.0 Å². The van der Waals surface area contributed by atoms with Crippen molar-refractivity contribution in [3.8, 4) is 0 Å². The van der Waals surface area contributed by atoms with Crippen LogP contribution in [0.15, 0.2) is 43.2 Å². The first kappa shape index (κ1) is 13.6. The molecule has 1 amide bonds. The second-order valence-electron chi connectivity index (χ2n) is 5.29. The Labute approximate surface area is 124 Å². The third kappa shape index (κ3) is 2.75. The summed E-state index contributed by atoms with van der Waals surface area (Å²) in [5.41, 5.74) is 2.01. The standard InChI is InChI=1S/C17H19N3O/c1-2-17(21)19-15-6-7-16(20-10-4-3-5-11-20)13-8-9-18-12-14(13)15/h2,6-9,12H,1,3-5,10-11H2,(H,19,21). The van der Waals surface area contributed by atoms with Crippen molar-refractivity contribution in [2.75, 3.05) is 23.3 Å². The SMILES string of the molecule is C=CC(=O)Nc1ccc(N2CCCCC2)c2ccncc12. The van der Waals surface area contributed by atoms with E-state index in [1.54, 1.807) is 6.20 Å². The summed E-state index contributed by atoms with van der Waals surface area (Å²) in [6, 6.07) is 6.06. The van der Waals surface area contributed by atoms with Gasteiger partial charge in [0.25, 0.3) is 0 Å². The largest absolute Gasteiger partial charge is 0.371 e. The molecule has 1 saturated heterocycles. The number of rotatable bonds is 3. The van der Waals surface area contributed by atoms with Gasteiger partial charge in [-0.05, 0) is 43.5 Å². The highest BCUT2D eigenvalue weighted by molar-refractivity contribution is 6.08. The molecular formula is C17H19N3O. The number of carbonyl (C=O) groups is 1. The van der Waals surface area contributed by atoms with E-state index in [4.69, 9.17) is 0 Å². The minimum Gasteiger partial charge on any atom is -0.371 e. The number of piperidine rings is 1. The van der Waals surface area contributed by atoms with Crippen LogP contribution in [0.2, 0.25) is 0 Å². The van der Waals surface area contributed by atoms with Crippen LogP contribution in [0.4, 0.5) is 11.4 Å². The summed E-state index contributed by atoms with van der Waals surface area (Å²) < 4.78 is 0. The molecule has 21 heavy (non-hydrogen) atoms. The Hall–Kier alpha value is -2.36. The highest BCUT2D eigenvalue weighted by atomic mass is 16.1. The van der Waals surface area contributed by atoms with Crippen molar-refractivity contribution in [2.24, 2.45) is 0 Å². The smallest absolute Gasteiger partial charge is 0.247 e. The fourth-order valence-corrected chi connectivity index (χ4v) is 2.88. The molecule has 0 spiro atoms. The molecule has 0 atom stereocenters. The van der Waals surface area contributed by atoms with Gasteiger partial charge in [-0.2, -0.15) is 0 Å². The van der Waals surface area contributed by atoms with Gasteiger partial charge in [0.15, 0.2) is 0 Å². The molecule has 2 aromatic rings. The molecule has 0 bridgehead atoms. The van der Waals surface area contributed by atoms with Gasteiger partial charge in [-0.15, -0.1) is 0 Å². The molecule has 4 nitrogen and oxygen atoms in total. The van der Waals surface area contributed by atoms with Gasteiger partial charge in [0.05, 0.1) is 5.69 Å². The predicted octanol–water partition coefficient (Wildman–Crippen LogP) is 3.35. The van der Waals surface area contributed by atoms with Gasteiger partial charge in [0.2, 0.25) is 5.91 Å². The van der Waals surface area contributed by atoms with Crippen molar-refractivity contribution in [3.05, 3.63) is 43.2 Å². The van der Waals surface area contributed by atoms with Crippen LogP contribution in [-0.4, -0.2) is 24.0 Å². The van der Waals surface area contributed by atoms with Gasteiger partial charge >= 0.3 is 0 Å². The molecule has 108 valence electrons. The van der Waals surface area contributed by atoms with Crippen LogP contribution in [0, 0.1) is 0 Å². The quantitative estimate of drug-likeness (QED) is 0.878. The normalized spacial score (nSPS) is 15.0. The third-order valence-electron chi connectivity index (χ3n) is 3.94. The van der Waals surface area contributed by atoms with Crippen LogP contribution < -0.4 is 10.2 Å². The lowest BCUT2D eigenvalue weighted by Gasteiger charge is -2.30. The van der Waals surface area contributed by atoms with Crippen LogP contribution in [0.3, 0.4) is 0 Å². The van der Waals surface area contributed by atoms with Crippen molar-refractivity contribution >= 4 is 28.1 Å². The summed E-state index contributed by atoms with van der Waals surface area (Å²) in [7, 11) is 0. The van der Waals surface area contributed by atoms with Gasteiger partial charge in [0, 0.05) is 41.9 Å². The van der Waals surface area contributed by atoms with Gasteiger partial charge in [0.1, 0.15) is 0 Å². The van der Waals surface area contributed by atoms with Crippen molar-refractivity contribution in [1.29, 1.82) is 0 Å².